The van der Waals surface area contributed by atoms with Crippen LogP contribution in [-0.2, 0) is 6.42 Å². The van der Waals surface area contributed by atoms with E-state index in [9.17, 15) is 0 Å². The summed E-state index contributed by atoms with van der Waals surface area (Å²) in [5.74, 6) is 1.65. The fraction of sp³-hybridized carbons (Fsp3) is 0.571. The summed E-state index contributed by atoms with van der Waals surface area (Å²) < 4.78 is 5.76. The molecule has 1 nitrogen and oxygen atoms in total. The largest absolute Gasteiger partial charge is 0.493 e. The monoisotopic (exact) mass is 206 g/mol. The van der Waals surface area contributed by atoms with Crippen molar-refractivity contribution in [2.75, 3.05) is 6.61 Å². The maximum atomic E-state index is 5.76. The Bertz CT molecular complexity index is 304. The molecular formula is C14H22O. The molecule has 1 aromatic rings. The van der Waals surface area contributed by atoms with Crippen LogP contribution in [0.1, 0.15) is 38.3 Å². The summed E-state index contributed by atoms with van der Waals surface area (Å²) in [6.07, 6.45) is 2.25. The van der Waals surface area contributed by atoms with Crippen molar-refractivity contribution in [2.24, 2.45) is 5.92 Å². The van der Waals surface area contributed by atoms with E-state index in [0.29, 0.717) is 5.92 Å². The average Bonchev–Trinajstić information content (AvgIpc) is 2.27. The Morgan fingerprint density at radius 1 is 1.27 bits per heavy atom. The van der Waals surface area contributed by atoms with Gasteiger partial charge >= 0.3 is 0 Å². The van der Waals surface area contributed by atoms with Gasteiger partial charge in [0.25, 0.3) is 0 Å². The lowest BCUT2D eigenvalue weighted by molar-refractivity contribution is 0.256. The van der Waals surface area contributed by atoms with Crippen molar-refractivity contribution in [1.82, 2.24) is 0 Å². The summed E-state index contributed by atoms with van der Waals surface area (Å²) in [5.41, 5.74) is 2.74. The van der Waals surface area contributed by atoms with Gasteiger partial charge < -0.3 is 4.74 Å². The molecule has 0 aliphatic rings. The third-order valence-electron chi connectivity index (χ3n) is 2.93. The van der Waals surface area contributed by atoms with Crippen molar-refractivity contribution in [2.45, 2.75) is 40.5 Å². The van der Waals surface area contributed by atoms with Crippen molar-refractivity contribution in [1.29, 1.82) is 0 Å². The number of hydrogen-bond acceptors (Lipinski definition) is 1. The third-order valence-corrected chi connectivity index (χ3v) is 2.93. The molecule has 1 atom stereocenters. The van der Waals surface area contributed by atoms with E-state index in [4.69, 9.17) is 4.74 Å². The molecule has 0 aliphatic carbocycles. The van der Waals surface area contributed by atoms with Crippen LogP contribution in [0, 0.1) is 12.8 Å². The molecule has 1 heteroatoms. The second-order valence-electron chi connectivity index (χ2n) is 4.27. The van der Waals surface area contributed by atoms with Crippen molar-refractivity contribution in [3.8, 4) is 5.75 Å². The highest BCUT2D eigenvalue weighted by molar-refractivity contribution is 5.34. The molecule has 0 radical (unpaired) electrons. The molecule has 0 heterocycles. The van der Waals surface area contributed by atoms with Gasteiger partial charge in [-0.25, -0.2) is 0 Å². The lowest BCUT2D eigenvalue weighted by atomic mass is 10.1. The van der Waals surface area contributed by atoms with Gasteiger partial charge in [-0.05, 0) is 42.5 Å². The Morgan fingerprint density at radius 2 is 2.00 bits per heavy atom. The van der Waals surface area contributed by atoms with Gasteiger partial charge in [0.1, 0.15) is 5.75 Å². The zero-order chi connectivity index (χ0) is 11.3. The minimum Gasteiger partial charge on any atom is -0.493 e. The molecule has 0 aromatic heterocycles. The summed E-state index contributed by atoms with van der Waals surface area (Å²) in [6, 6.07) is 6.37. The molecule has 0 saturated heterocycles. The normalized spacial score (nSPS) is 12.5. The highest BCUT2D eigenvalue weighted by Crippen LogP contribution is 2.18. The van der Waals surface area contributed by atoms with Crippen molar-refractivity contribution in [3.63, 3.8) is 0 Å². The van der Waals surface area contributed by atoms with Gasteiger partial charge in [-0.3, -0.25) is 0 Å². The van der Waals surface area contributed by atoms with Crippen LogP contribution in [0.15, 0.2) is 18.2 Å². The van der Waals surface area contributed by atoms with E-state index in [-0.39, 0.29) is 0 Å². The zero-order valence-corrected chi connectivity index (χ0v) is 10.3. The van der Waals surface area contributed by atoms with Crippen LogP contribution in [0.2, 0.25) is 0 Å². The Hall–Kier alpha value is -0.980. The van der Waals surface area contributed by atoms with Gasteiger partial charge in [-0.15, -0.1) is 0 Å². The van der Waals surface area contributed by atoms with Crippen LogP contribution in [0.5, 0.6) is 5.75 Å². The zero-order valence-electron chi connectivity index (χ0n) is 10.3. The summed E-state index contributed by atoms with van der Waals surface area (Å²) in [4.78, 5) is 0. The van der Waals surface area contributed by atoms with Crippen LogP contribution in [-0.4, -0.2) is 6.61 Å². The van der Waals surface area contributed by atoms with E-state index < -0.39 is 0 Å². The number of ether oxygens (including phenoxy) is 1. The maximum Gasteiger partial charge on any atom is 0.119 e. The standard InChI is InChI=1S/C14H22O/c1-5-11(3)10-15-14-8-7-12(4)13(6-2)9-14/h7-9,11H,5-6,10H2,1-4H3. The van der Waals surface area contributed by atoms with Crippen LogP contribution in [0.25, 0.3) is 0 Å². The molecule has 0 spiro atoms. The van der Waals surface area contributed by atoms with E-state index in [1.54, 1.807) is 0 Å². The molecule has 0 amide bonds. The average molecular weight is 206 g/mol. The minimum atomic E-state index is 0.636. The summed E-state index contributed by atoms with van der Waals surface area (Å²) in [6.45, 7) is 9.57. The van der Waals surface area contributed by atoms with Crippen molar-refractivity contribution < 1.29 is 4.74 Å². The van der Waals surface area contributed by atoms with Gasteiger partial charge in [0.15, 0.2) is 0 Å². The number of hydrogen-bond donors (Lipinski definition) is 0. The Balaban J connectivity index is 2.62. The molecule has 1 aromatic carbocycles. The van der Waals surface area contributed by atoms with Gasteiger partial charge in [0.05, 0.1) is 6.61 Å². The first-order valence-electron chi connectivity index (χ1n) is 5.89. The molecule has 1 rings (SSSR count). The number of rotatable bonds is 5. The predicted molar refractivity (Wildman–Crippen MR) is 65.5 cm³/mol. The number of aryl methyl sites for hydroxylation is 2. The van der Waals surface area contributed by atoms with Gasteiger partial charge in [0, 0.05) is 0 Å². The van der Waals surface area contributed by atoms with Crippen molar-refractivity contribution in [3.05, 3.63) is 29.3 Å². The summed E-state index contributed by atoms with van der Waals surface area (Å²) in [5, 5.41) is 0. The maximum absolute atomic E-state index is 5.76. The smallest absolute Gasteiger partial charge is 0.119 e. The summed E-state index contributed by atoms with van der Waals surface area (Å²) >= 11 is 0. The lowest BCUT2D eigenvalue weighted by Crippen LogP contribution is -2.07. The van der Waals surface area contributed by atoms with Gasteiger partial charge in [0.2, 0.25) is 0 Å². The molecular weight excluding hydrogens is 184 g/mol. The first-order valence-corrected chi connectivity index (χ1v) is 5.89. The number of benzene rings is 1. The Kier molecular flexibility index (Phi) is 4.67. The highest BCUT2D eigenvalue weighted by atomic mass is 16.5. The first-order chi connectivity index (χ1) is 7.17. The molecule has 84 valence electrons. The van der Waals surface area contributed by atoms with Gasteiger partial charge in [-0.2, -0.15) is 0 Å². The fourth-order valence-corrected chi connectivity index (χ4v) is 1.47. The van der Waals surface area contributed by atoms with Crippen LogP contribution < -0.4 is 4.74 Å². The molecule has 0 fully saturated rings. The predicted octanol–water partition coefficient (Wildman–Crippen LogP) is 3.98. The SMILES string of the molecule is CCc1cc(OCC(C)CC)ccc1C. The molecule has 0 aliphatic heterocycles. The van der Waals surface area contributed by atoms with E-state index in [1.165, 1.54) is 17.5 Å². The van der Waals surface area contributed by atoms with E-state index in [2.05, 4.69) is 45.9 Å². The molecule has 0 bridgehead atoms. The quantitative estimate of drug-likeness (QED) is 0.708. The Morgan fingerprint density at radius 3 is 2.60 bits per heavy atom. The second kappa shape index (κ2) is 5.79. The molecule has 0 saturated carbocycles. The molecule has 1 unspecified atom stereocenters. The molecule has 15 heavy (non-hydrogen) atoms. The van der Waals surface area contributed by atoms with Crippen LogP contribution in [0.3, 0.4) is 0 Å². The summed E-state index contributed by atoms with van der Waals surface area (Å²) in [7, 11) is 0. The topological polar surface area (TPSA) is 9.23 Å². The van der Waals surface area contributed by atoms with E-state index >= 15 is 0 Å². The van der Waals surface area contributed by atoms with Crippen LogP contribution >= 0.6 is 0 Å². The lowest BCUT2D eigenvalue weighted by Gasteiger charge is -2.12. The minimum absolute atomic E-state index is 0.636. The van der Waals surface area contributed by atoms with Gasteiger partial charge in [-0.1, -0.05) is 33.3 Å². The van der Waals surface area contributed by atoms with Crippen molar-refractivity contribution >= 4 is 0 Å². The van der Waals surface area contributed by atoms with Crippen LogP contribution in [0.4, 0.5) is 0 Å². The third kappa shape index (κ3) is 3.58. The molecule has 0 N–H and O–H groups in total. The second-order valence-corrected chi connectivity index (χ2v) is 4.27. The van der Waals surface area contributed by atoms with E-state index in [1.807, 2.05) is 0 Å². The fourth-order valence-electron chi connectivity index (χ4n) is 1.47. The Labute approximate surface area is 93.5 Å². The van der Waals surface area contributed by atoms with E-state index in [0.717, 1.165) is 18.8 Å². The highest BCUT2D eigenvalue weighted by Gasteiger charge is 2.02. The first kappa shape index (κ1) is 12.1.